The van der Waals surface area contributed by atoms with Crippen LogP contribution in [0.15, 0.2) is 0 Å². The Morgan fingerprint density at radius 1 is 0.935 bits per heavy atom. The molecule has 0 unspecified atom stereocenters. The number of ether oxygens (including phenoxy) is 2. The summed E-state index contributed by atoms with van der Waals surface area (Å²) in [5.41, 5.74) is 2.47. The Balaban J connectivity index is 0.000000292. The first-order valence-corrected chi connectivity index (χ1v) is 10.7. The van der Waals surface area contributed by atoms with Crippen molar-refractivity contribution in [2.45, 2.75) is 82.7 Å². The normalized spacial score (nSPS) is 37.5. The van der Waals surface area contributed by atoms with Crippen LogP contribution in [0.25, 0.3) is 0 Å². The van der Waals surface area contributed by atoms with E-state index in [2.05, 4.69) is 11.8 Å². The van der Waals surface area contributed by atoms with E-state index in [1.54, 1.807) is 6.54 Å². The summed E-state index contributed by atoms with van der Waals surface area (Å²) in [6.07, 6.45) is 7.31. The number of esters is 2. The number of aliphatic hydroxyl groups is 2. The van der Waals surface area contributed by atoms with Crippen LogP contribution in [0.2, 0.25) is 0 Å². The van der Waals surface area contributed by atoms with Gasteiger partial charge in [0.2, 0.25) is 0 Å². The molecule has 8 nitrogen and oxygen atoms in total. The van der Waals surface area contributed by atoms with E-state index in [1.165, 1.54) is 0 Å². The Kier molecular flexibility index (Phi) is 13.0. The predicted molar refractivity (Wildman–Crippen MR) is 104 cm³/mol. The van der Waals surface area contributed by atoms with Crippen LogP contribution in [0.5, 0.6) is 0 Å². The number of nitrogens with two attached hydrogens (primary N) is 1. The van der Waals surface area contributed by atoms with Gasteiger partial charge in [-0.15, -0.1) is 0 Å². The summed E-state index contributed by atoms with van der Waals surface area (Å²) in [5, 5.41) is 19.6. The molecule has 5 N–H and O–H groups in total. The molecule has 0 spiro atoms. The van der Waals surface area contributed by atoms with Crippen molar-refractivity contribution < 1.29 is 71.4 Å². The number of hydrazine groups is 1. The molecule has 0 bridgehead atoms. The van der Waals surface area contributed by atoms with Crippen LogP contribution in [0.1, 0.15) is 58.3 Å². The molecule has 2 aliphatic carbocycles. The zero-order valence-corrected chi connectivity index (χ0v) is 23.7. The number of hydrogen-bond donors (Lipinski definition) is 4. The van der Waals surface area contributed by atoms with Crippen molar-refractivity contribution in [3.05, 3.63) is 13.0 Å². The van der Waals surface area contributed by atoms with Crippen molar-refractivity contribution in [2.75, 3.05) is 0 Å². The zero-order valence-electron chi connectivity index (χ0n) is 17.9. The molecule has 10 heteroatoms. The van der Waals surface area contributed by atoms with Gasteiger partial charge in [0.1, 0.15) is 12.2 Å². The van der Waals surface area contributed by atoms with Crippen LogP contribution in [0.3, 0.4) is 0 Å². The van der Waals surface area contributed by atoms with Gasteiger partial charge in [0, 0.05) is 66.8 Å². The van der Waals surface area contributed by atoms with Gasteiger partial charge in [-0.3, -0.25) is 16.1 Å². The quantitative estimate of drug-likeness (QED) is 0.0992. The Morgan fingerprint density at radius 3 is 1.81 bits per heavy atom. The Labute approximate surface area is 213 Å². The van der Waals surface area contributed by atoms with Crippen molar-refractivity contribution in [1.82, 2.24) is 5.43 Å². The number of nitrogens with one attached hydrogen (secondary N) is 1. The van der Waals surface area contributed by atoms with E-state index in [1.807, 2.05) is 6.92 Å². The Bertz CT molecular complexity index is 584. The Morgan fingerprint density at radius 2 is 1.39 bits per heavy atom. The van der Waals surface area contributed by atoms with E-state index in [0.29, 0.717) is 25.7 Å². The minimum atomic E-state index is -0.334. The maximum atomic E-state index is 11.1. The van der Waals surface area contributed by atoms with Crippen LogP contribution < -0.4 is 11.3 Å². The smallest absolute Gasteiger partial charge is 0.306 e. The largest absolute Gasteiger partial charge is 0.462 e. The topological polar surface area (TPSA) is 131 Å². The maximum absolute atomic E-state index is 11.1. The second-order valence-electron chi connectivity index (χ2n) is 8.66. The van der Waals surface area contributed by atoms with Gasteiger partial charge >= 0.3 is 11.9 Å². The van der Waals surface area contributed by atoms with Crippen molar-refractivity contribution in [2.24, 2.45) is 29.5 Å². The van der Waals surface area contributed by atoms with Crippen LogP contribution in [-0.4, -0.2) is 46.6 Å². The summed E-state index contributed by atoms with van der Waals surface area (Å²) < 4.78 is 10.3. The second kappa shape index (κ2) is 13.8. The van der Waals surface area contributed by atoms with Gasteiger partial charge in [0.05, 0.1) is 25.0 Å². The Hall–Kier alpha value is 0.157. The van der Waals surface area contributed by atoms with E-state index >= 15 is 0 Å². The molecule has 178 valence electrons. The van der Waals surface area contributed by atoms with E-state index in [-0.39, 0.29) is 102 Å². The molecule has 2 saturated heterocycles. The number of carbonyl (C=O) groups is 2. The van der Waals surface area contributed by atoms with E-state index in [0.717, 1.165) is 25.7 Å². The number of unbranched alkanes of at least 4 members (excludes halogenated alkanes) is 1. The first-order valence-electron chi connectivity index (χ1n) is 10.7. The summed E-state index contributed by atoms with van der Waals surface area (Å²) >= 11 is 0. The minimum absolute atomic E-state index is 0. The number of aliphatic hydroxyl groups excluding tert-OH is 2. The van der Waals surface area contributed by atoms with Gasteiger partial charge in [-0.2, -0.15) is 19.8 Å². The molecular formula is C21H34N2O6W2-2. The van der Waals surface area contributed by atoms with E-state index in [4.69, 9.17) is 15.3 Å². The molecule has 2 heterocycles. The molecule has 0 amide bonds. The molecular weight excluding hydrogens is 744 g/mol. The minimum Gasteiger partial charge on any atom is -0.462 e. The molecule has 0 aromatic heterocycles. The third-order valence-corrected chi connectivity index (χ3v) is 6.91. The molecule has 2 aliphatic heterocycles. The fourth-order valence-electron chi connectivity index (χ4n) is 5.48. The van der Waals surface area contributed by atoms with Gasteiger partial charge in [0.15, 0.2) is 0 Å². The number of rotatable bonds is 7. The van der Waals surface area contributed by atoms with Crippen LogP contribution in [0, 0.1) is 36.6 Å². The van der Waals surface area contributed by atoms with Crippen LogP contribution in [0.4, 0.5) is 0 Å². The third kappa shape index (κ3) is 7.32. The first-order chi connectivity index (χ1) is 13.9. The number of carbonyl (C=O) groups excluding carboxylic acids is 2. The molecule has 4 aliphatic rings. The fourth-order valence-corrected chi connectivity index (χ4v) is 5.48. The van der Waals surface area contributed by atoms with Gasteiger partial charge in [-0.05, 0) is 11.8 Å². The zero-order chi connectivity index (χ0) is 21.0. The van der Waals surface area contributed by atoms with Crippen molar-refractivity contribution >= 4 is 11.9 Å². The number of fused-ring (bicyclic) bond motifs is 2. The average molecular weight is 778 g/mol. The third-order valence-electron chi connectivity index (χ3n) is 6.91. The SMILES string of the molecule is C[CH-]CC[C@@H]1[C@H]2CC(=O)O[C@H]2C[C@H]1O.NN[CH-]CC[C@@H]1[C@H]2CC(=O)O[C@H]2C[C@H]1O.[W].[W]. The molecule has 31 heavy (non-hydrogen) atoms. The molecule has 2 saturated carbocycles. The fraction of sp³-hybridized carbons (Fsp3) is 0.810. The van der Waals surface area contributed by atoms with Crippen molar-refractivity contribution in [1.29, 1.82) is 0 Å². The second-order valence-corrected chi connectivity index (χ2v) is 8.66. The summed E-state index contributed by atoms with van der Waals surface area (Å²) in [7, 11) is 0. The van der Waals surface area contributed by atoms with E-state index in [9.17, 15) is 19.8 Å². The first kappa shape index (κ1) is 29.2. The van der Waals surface area contributed by atoms with Gasteiger partial charge < -0.3 is 37.4 Å². The molecule has 0 aromatic rings. The van der Waals surface area contributed by atoms with Crippen LogP contribution in [-0.2, 0) is 61.2 Å². The summed E-state index contributed by atoms with van der Waals surface area (Å²) in [6, 6.07) is 0. The van der Waals surface area contributed by atoms with Gasteiger partial charge in [-0.25, -0.2) is 0 Å². The maximum Gasteiger partial charge on any atom is 0.306 e. The standard InChI is InChI=1S/C11H17O3.C10H17N2O3.2W/c1-2-3-4-7-8-5-11(13)14-10(8)6-9(7)12;11-12-3-1-2-6-7-4-10(14)15-9(7)5-8(6)13;;/h2,7-10,12H,3-6H2,1H3;3,6-9,12-13H,1-2,4-5,11H2;;/q2*-1;;/t7-,8-,9-,10+;6-,7-,8-,9+;;/m11../s1. The average Bonchev–Trinajstić information content (AvgIpc) is 3.35. The van der Waals surface area contributed by atoms with Gasteiger partial charge in [0.25, 0.3) is 0 Å². The monoisotopic (exact) mass is 778 g/mol. The summed E-state index contributed by atoms with van der Waals surface area (Å²) in [4.78, 5) is 22.2. The van der Waals surface area contributed by atoms with Crippen LogP contribution >= 0.6 is 0 Å². The predicted octanol–water partition coefficient (Wildman–Crippen LogP) is 1.00. The molecule has 4 fully saturated rings. The molecule has 4 rings (SSSR count). The van der Waals surface area contributed by atoms with Crippen molar-refractivity contribution in [3.8, 4) is 0 Å². The molecule has 0 aromatic carbocycles. The van der Waals surface area contributed by atoms with E-state index < -0.39 is 0 Å². The van der Waals surface area contributed by atoms with Gasteiger partial charge in [-0.1, -0.05) is 12.8 Å². The summed E-state index contributed by atoms with van der Waals surface area (Å²) in [5.74, 6) is 5.84. The summed E-state index contributed by atoms with van der Waals surface area (Å²) in [6.45, 7) is 3.78. The molecule has 8 atom stereocenters. The van der Waals surface area contributed by atoms with Crippen molar-refractivity contribution in [3.63, 3.8) is 0 Å². The number of hydrogen-bond acceptors (Lipinski definition) is 8. The molecule has 0 radical (unpaired) electrons.